The molecule has 2 heterocycles. The van der Waals surface area contributed by atoms with E-state index in [-0.39, 0.29) is 0 Å². The van der Waals surface area contributed by atoms with Crippen LogP contribution in [0, 0.1) is 0 Å². The Morgan fingerprint density at radius 1 is 1.20 bits per heavy atom. The molecule has 1 fully saturated rings. The summed E-state index contributed by atoms with van der Waals surface area (Å²) in [6.07, 6.45) is 1.45. The van der Waals surface area contributed by atoms with E-state index in [1.807, 2.05) is 18.2 Å². The van der Waals surface area contributed by atoms with E-state index in [9.17, 15) is 0 Å². The van der Waals surface area contributed by atoms with E-state index in [0.29, 0.717) is 30.7 Å². The summed E-state index contributed by atoms with van der Waals surface area (Å²) in [5, 5.41) is 4.02. The number of ether oxygens (including phenoxy) is 1. The fraction of sp³-hybridized carbons (Fsp3) is 0.429. The maximum absolute atomic E-state index is 6.32. The number of nitrogens with two attached hydrogens (primary N) is 1. The van der Waals surface area contributed by atoms with Gasteiger partial charge in [0.2, 0.25) is 5.89 Å². The molecule has 2 N–H and O–H groups in total. The van der Waals surface area contributed by atoms with E-state index >= 15 is 0 Å². The SMILES string of the molecule is NC1(c2nc(CSc3ccccc3)no2)CCOCC1. The molecule has 1 aliphatic heterocycles. The Balaban J connectivity index is 1.65. The Hall–Kier alpha value is -1.37. The normalized spacial score (nSPS) is 18.1. The lowest BCUT2D eigenvalue weighted by molar-refractivity contribution is 0.0400. The van der Waals surface area contributed by atoms with Crippen LogP contribution < -0.4 is 5.73 Å². The van der Waals surface area contributed by atoms with Gasteiger partial charge in [-0.25, -0.2) is 0 Å². The highest BCUT2D eigenvalue weighted by Crippen LogP contribution is 2.29. The van der Waals surface area contributed by atoms with Crippen molar-refractivity contribution in [3.05, 3.63) is 42.0 Å². The first kappa shape index (κ1) is 13.6. The second-order valence-corrected chi connectivity index (χ2v) is 5.93. The Morgan fingerprint density at radius 3 is 2.70 bits per heavy atom. The second-order valence-electron chi connectivity index (χ2n) is 4.89. The first-order chi connectivity index (χ1) is 9.76. The first-order valence-corrected chi connectivity index (χ1v) is 7.62. The third-order valence-corrected chi connectivity index (χ3v) is 4.40. The molecule has 0 spiro atoms. The summed E-state index contributed by atoms with van der Waals surface area (Å²) in [6, 6.07) is 10.2. The first-order valence-electron chi connectivity index (χ1n) is 6.64. The fourth-order valence-corrected chi connectivity index (χ4v) is 2.89. The molecular formula is C14H17N3O2S. The number of hydrogen-bond donors (Lipinski definition) is 1. The zero-order valence-corrected chi connectivity index (χ0v) is 11.9. The van der Waals surface area contributed by atoms with Gasteiger partial charge in [0.05, 0.1) is 5.75 Å². The largest absolute Gasteiger partial charge is 0.381 e. The third-order valence-electron chi connectivity index (χ3n) is 3.39. The van der Waals surface area contributed by atoms with E-state index in [4.69, 9.17) is 15.0 Å². The van der Waals surface area contributed by atoms with Crippen molar-refractivity contribution in [3.8, 4) is 0 Å². The molecule has 0 atom stereocenters. The van der Waals surface area contributed by atoms with Crippen molar-refractivity contribution in [1.29, 1.82) is 0 Å². The molecule has 0 aliphatic carbocycles. The minimum absolute atomic E-state index is 0.527. The van der Waals surface area contributed by atoms with Crippen molar-refractivity contribution in [2.45, 2.75) is 29.0 Å². The summed E-state index contributed by atoms with van der Waals surface area (Å²) < 4.78 is 10.7. The zero-order valence-electron chi connectivity index (χ0n) is 11.1. The van der Waals surface area contributed by atoms with Gasteiger partial charge in [0.1, 0.15) is 5.54 Å². The predicted molar refractivity (Wildman–Crippen MR) is 76.2 cm³/mol. The summed E-state index contributed by atoms with van der Waals surface area (Å²) in [4.78, 5) is 5.63. The molecule has 3 rings (SSSR count). The molecule has 0 radical (unpaired) electrons. The van der Waals surface area contributed by atoms with Gasteiger partial charge in [0.15, 0.2) is 5.82 Å². The van der Waals surface area contributed by atoms with Gasteiger partial charge in [-0.3, -0.25) is 0 Å². The lowest BCUT2D eigenvalue weighted by Crippen LogP contribution is -2.42. The Kier molecular flexibility index (Phi) is 4.05. The minimum atomic E-state index is -0.527. The number of hydrogen-bond acceptors (Lipinski definition) is 6. The summed E-state index contributed by atoms with van der Waals surface area (Å²) in [6.45, 7) is 1.29. The van der Waals surface area contributed by atoms with Gasteiger partial charge in [0, 0.05) is 18.1 Å². The van der Waals surface area contributed by atoms with Crippen molar-refractivity contribution in [1.82, 2.24) is 10.1 Å². The predicted octanol–water partition coefficient (Wildman–Crippen LogP) is 2.33. The van der Waals surface area contributed by atoms with Crippen LogP contribution in [0.3, 0.4) is 0 Å². The molecule has 1 aliphatic rings. The molecular weight excluding hydrogens is 274 g/mol. The van der Waals surface area contributed by atoms with Gasteiger partial charge in [-0.05, 0) is 25.0 Å². The van der Waals surface area contributed by atoms with Crippen LogP contribution in [0.15, 0.2) is 39.8 Å². The molecule has 1 aromatic heterocycles. The van der Waals surface area contributed by atoms with Gasteiger partial charge in [-0.2, -0.15) is 4.98 Å². The van der Waals surface area contributed by atoms with Crippen LogP contribution in [-0.4, -0.2) is 23.4 Å². The monoisotopic (exact) mass is 291 g/mol. The van der Waals surface area contributed by atoms with Crippen molar-refractivity contribution in [2.75, 3.05) is 13.2 Å². The minimum Gasteiger partial charge on any atom is -0.381 e. The standard InChI is InChI=1S/C14H17N3O2S/c15-14(6-8-18-9-7-14)13-16-12(17-19-13)10-20-11-4-2-1-3-5-11/h1-5H,6-10,15H2. The van der Waals surface area contributed by atoms with Gasteiger partial charge >= 0.3 is 0 Å². The highest BCUT2D eigenvalue weighted by molar-refractivity contribution is 7.98. The molecule has 0 amide bonds. The fourth-order valence-electron chi connectivity index (χ4n) is 2.13. The zero-order chi connectivity index (χ0) is 13.8. The summed E-state index contributed by atoms with van der Waals surface area (Å²) in [5.41, 5.74) is 5.79. The molecule has 6 heteroatoms. The quantitative estimate of drug-likeness (QED) is 0.871. The van der Waals surface area contributed by atoms with E-state index in [2.05, 4.69) is 22.3 Å². The molecule has 0 unspecified atom stereocenters. The topological polar surface area (TPSA) is 74.2 Å². The summed E-state index contributed by atoms with van der Waals surface area (Å²) in [7, 11) is 0. The molecule has 0 saturated carbocycles. The smallest absolute Gasteiger partial charge is 0.246 e. The van der Waals surface area contributed by atoms with E-state index in [0.717, 1.165) is 12.8 Å². The van der Waals surface area contributed by atoms with Crippen LogP contribution in [0.5, 0.6) is 0 Å². The molecule has 5 nitrogen and oxygen atoms in total. The van der Waals surface area contributed by atoms with Gasteiger partial charge in [0.25, 0.3) is 0 Å². The Labute approximate surface area is 121 Å². The average molecular weight is 291 g/mol. The maximum atomic E-state index is 6.32. The molecule has 0 bridgehead atoms. The van der Waals surface area contributed by atoms with Crippen LogP contribution in [0.1, 0.15) is 24.6 Å². The van der Waals surface area contributed by atoms with Crippen LogP contribution in [0.25, 0.3) is 0 Å². The highest BCUT2D eigenvalue weighted by Gasteiger charge is 2.35. The molecule has 1 saturated heterocycles. The van der Waals surface area contributed by atoms with Crippen LogP contribution in [-0.2, 0) is 16.0 Å². The highest BCUT2D eigenvalue weighted by atomic mass is 32.2. The Morgan fingerprint density at radius 2 is 1.95 bits per heavy atom. The number of rotatable bonds is 4. The molecule has 106 valence electrons. The van der Waals surface area contributed by atoms with E-state index in [1.165, 1.54) is 4.90 Å². The lowest BCUT2D eigenvalue weighted by atomic mass is 9.91. The van der Waals surface area contributed by atoms with Crippen molar-refractivity contribution >= 4 is 11.8 Å². The summed E-state index contributed by atoms with van der Waals surface area (Å²) in [5.74, 6) is 1.90. The van der Waals surface area contributed by atoms with Crippen molar-refractivity contribution < 1.29 is 9.26 Å². The van der Waals surface area contributed by atoms with Crippen molar-refractivity contribution in [3.63, 3.8) is 0 Å². The van der Waals surface area contributed by atoms with Gasteiger partial charge < -0.3 is 15.0 Å². The maximum Gasteiger partial charge on any atom is 0.246 e. The lowest BCUT2D eigenvalue weighted by Gasteiger charge is -2.29. The number of thioether (sulfide) groups is 1. The van der Waals surface area contributed by atoms with Crippen LogP contribution >= 0.6 is 11.8 Å². The molecule has 20 heavy (non-hydrogen) atoms. The van der Waals surface area contributed by atoms with E-state index < -0.39 is 5.54 Å². The van der Waals surface area contributed by atoms with Crippen LogP contribution in [0.2, 0.25) is 0 Å². The summed E-state index contributed by atoms with van der Waals surface area (Å²) >= 11 is 1.68. The van der Waals surface area contributed by atoms with E-state index in [1.54, 1.807) is 11.8 Å². The van der Waals surface area contributed by atoms with Crippen molar-refractivity contribution in [2.24, 2.45) is 5.73 Å². The number of benzene rings is 1. The number of nitrogens with zero attached hydrogens (tertiary/aromatic N) is 2. The molecule has 1 aromatic carbocycles. The third kappa shape index (κ3) is 3.03. The molecule has 2 aromatic rings. The average Bonchev–Trinajstić information content (AvgIpc) is 2.97. The van der Waals surface area contributed by atoms with Gasteiger partial charge in [-0.1, -0.05) is 23.4 Å². The van der Waals surface area contributed by atoms with Gasteiger partial charge in [-0.15, -0.1) is 11.8 Å². The van der Waals surface area contributed by atoms with Crippen LogP contribution in [0.4, 0.5) is 0 Å². The Bertz CT molecular complexity index is 553. The second kappa shape index (κ2) is 5.95. The number of aromatic nitrogens is 2.